The summed E-state index contributed by atoms with van der Waals surface area (Å²) in [5.41, 5.74) is -0.531. The van der Waals surface area contributed by atoms with Crippen molar-refractivity contribution in [3.8, 4) is 0 Å². The maximum atomic E-state index is 11.6. The second-order valence-electron chi connectivity index (χ2n) is 4.80. The highest BCUT2D eigenvalue weighted by atomic mass is 16.4. The van der Waals surface area contributed by atoms with Gasteiger partial charge in [0, 0.05) is 18.0 Å². The largest absolute Gasteiger partial charge is 0.481 e. The Balaban J connectivity index is 4.07. The highest BCUT2D eigenvalue weighted by molar-refractivity contribution is 5.75. The number of amides is 2. The topological polar surface area (TPSA) is 78.4 Å². The molecule has 98 valence electrons. The maximum Gasteiger partial charge on any atom is 0.315 e. The molecule has 0 aromatic carbocycles. The number of hydrogen-bond donors (Lipinski definition) is 3. The highest BCUT2D eigenvalue weighted by Crippen LogP contribution is 2.10. The summed E-state index contributed by atoms with van der Waals surface area (Å²) in [4.78, 5) is 22.0. The Bertz CT molecular complexity index is 287. The molecule has 0 bridgehead atoms. The van der Waals surface area contributed by atoms with Gasteiger partial charge in [-0.2, -0.15) is 0 Å². The summed E-state index contributed by atoms with van der Waals surface area (Å²) in [6.07, 6.45) is 2.87. The first-order chi connectivity index (χ1) is 7.76. The number of urea groups is 1. The zero-order valence-corrected chi connectivity index (χ0v) is 10.7. The number of carboxylic acid groups (broad SMARTS) is 1. The molecule has 0 spiro atoms. The van der Waals surface area contributed by atoms with Crippen LogP contribution in [0.1, 0.15) is 40.0 Å². The lowest BCUT2D eigenvalue weighted by Gasteiger charge is -2.26. The zero-order chi connectivity index (χ0) is 13.5. The molecule has 0 aliphatic rings. The normalized spacial score (nSPS) is 12.6. The van der Waals surface area contributed by atoms with Gasteiger partial charge in [-0.25, -0.2) is 4.79 Å². The smallest absolute Gasteiger partial charge is 0.315 e. The molecule has 0 saturated carbocycles. The average Bonchev–Trinajstić information content (AvgIpc) is 2.14. The van der Waals surface area contributed by atoms with Crippen LogP contribution in [0.15, 0.2) is 12.7 Å². The first-order valence-electron chi connectivity index (χ1n) is 5.68. The van der Waals surface area contributed by atoms with Gasteiger partial charge in [-0.15, -0.1) is 6.58 Å². The Morgan fingerprint density at radius 2 is 2.06 bits per heavy atom. The molecule has 0 fully saturated rings. The minimum Gasteiger partial charge on any atom is -0.481 e. The summed E-state index contributed by atoms with van der Waals surface area (Å²) in [5, 5.41) is 14.1. The van der Waals surface area contributed by atoms with Crippen molar-refractivity contribution in [3.63, 3.8) is 0 Å². The number of hydrogen-bond acceptors (Lipinski definition) is 2. The number of carbonyl (C=O) groups excluding carboxylic acids is 1. The van der Waals surface area contributed by atoms with Crippen LogP contribution in [0.25, 0.3) is 0 Å². The molecule has 0 aliphatic carbocycles. The lowest BCUT2D eigenvalue weighted by atomic mass is 9.99. The molecule has 0 heterocycles. The van der Waals surface area contributed by atoms with Crippen molar-refractivity contribution >= 4 is 12.0 Å². The van der Waals surface area contributed by atoms with Gasteiger partial charge in [0.2, 0.25) is 0 Å². The molecule has 1 atom stereocenters. The van der Waals surface area contributed by atoms with Crippen LogP contribution in [-0.2, 0) is 4.79 Å². The molecule has 0 aromatic heterocycles. The third-order valence-electron chi connectivity index (χ3n) is 2.31. The molecule has 17 heavy (non-hydrogen) atoms. The fraction of sp³-hybridized carbons (Fsp3) is 0.667. The van der Waals surface area contributed by atoms with Crippen LogP contribution in [0.5, 0.6) is 0 Å². The number of rotatable bonds is 7. The van der Waals surface area contributed by atoms with E-state index in [2.05, 4.69) is 17.2 Å². The summed E-state index contributed by atoms with van der Waals surface area (Å²) < 4.78 is 0. The molecule has 0 aromatic rings. The molecule has 3 N–H and O–H groups in total. The van der Waals surface area contributed by atoms with Gasteiger partial charge >= 0.3 is 12.0 Å². The molecule has 5 heteroatoms. The lowest BCUT2D eigenvalue weighted by Crippen LogP contribution is -2.50. The molecule has 1 unspecified atom stereocenters. The van der Waals surface area contributed by atoms with E-state index in [4.69, 9.17) is 5.11 Å². The summed E-state index contributed by atoms with van der Waals surface area (Å²) in [6, 6.07) is -0.266. The number of carboxylic acids is 1. The van der Waals surface area contributed by atoms with Gasteiger partial charge in [0.05, 0.1) is 0 Å². The fourth-order valence-electron chi connectivity index (χ4n) is 1.36. The number of aliphatic carboxylic acids is 1. The van der Waals surface area contributed by atoms with Crippen LogP contribution >= 0.6 is 0 Å². The van der Waals surface area contributed by atoms with Crippen molar-refractivity contribution in [3.05, 3.63) is 12.7 Å². The minimum atomic E-state index is -0.861. The highest BCUT2D eigenvalue weighted by Gasteiger charge is 2.21. The van der Waals surface area contributed by atoms with Crippen LogP contribution in [0.3, 0.4) is 0 Å². The fourth-order valence-corrected chi connectivity index (χ4v) is 1.36. The van der Waals surface area contributed by atoms with E-state index in [1.54, 1.807) is 19.9 Å². The third-order valence-corrected chi connectivity index (χ3v) is 2.31. The molecule has 0 aliphatic heterocycles. The van der Waals surface area contributed by atoms with Crippen LogP contribution in [0.4, 0.5) is 4.79 Å². The van der Waals surface area contributed by atoms with Gasteiger partial charge in [0.1, 0.15) is 0 Å². The lowest BCUT2D eigenvalue weighted by molar-refractivity contribution is -0.137. The van der Waals surface area contributed by atoms with Crippen LogP contribution in [-0.4, -0.2) is 28.7 Å². The predicted octanol–water partition coefficient (Wildman–Crippen LogP) is 1.89. The Labute approximate surface area is 102 Å². The molecule has 0 radical (unpaired) electrons. The third kappa shape index (κ3) is 8.30. The van der Waals surface area contributed by atoms with Crippen molar-refractivity contribution in [2.75, 3.05) is 0 Å². The molecular weight excluding hydrogens is 220 g/mol. The average molecular weight is 242 g/mol. The summed E-state index contributed by atoms with van der Waals surface area (Å²) in [6.45, 7) is 9.07. The summed E-state index contributed by atoms with van der Waals surface area (Å²) in [7, 11) is 0. The van der Waals surface area contributed by atoms with E-state index in [0.29, 0.717) is 12.8 Å². The second kappa shape index (κ2) is 6.93. The monoisotopic (exact) mass is 242 g/mol. The quantitative estimate of drug-likeness (QED) is 0.596. The Hall–Kier alpha value is -1.52. The van der Waals surface area contributed by atoms with Crippen molar-refractivity contribution < 1.29 is 14.7 Å². The molecule has 0 saturated heterocycles. The van der Waals surface area contributed by atoms with Crippen LogP contribution in [0, 0.1) is 0 Å². The Morgan fingerprint density at radius 3 is 2.53 bits per heavy atom. The van der Waals surface area contributed by atoms with Crippen molar-refractivity contribution in [2.45, 2.75) is 51.6 Å². The van der Waals surface area contributed by atoms with E-state index in [1.807, 2.05) is 6.92 Å². The Morgan fingerprint density at radius 1 is 1.47 bits per heavy atom. The number of nitrogens with one attached hydrogen (secondary N) is 2. The van der Waals surface area contributed by atoms with Crippen molar-refractivity contribution in [2.24, 2.45) is 0 Å². The SMILES string of the molecule is C=CCC(C)NC(=O)NC(C)(C)CCC(=O)O. The molecule has 2 amide bonds. The van der Waals surface area contributed by atoms with Gasteiger partial charge in [0.25, 0.3) is 0 Å². The van der Waals surface area contributed by atoms with Gasteiger partial charge in [-0.1, -0.05) is 6.08 Å². The minimum absolute atomic E-state index is 0.0165. The van der Waals surface area contributed by atoms with Gasteiger partial charge < -0.3 is 15.7 Å². The second-order valence-corrected chi connectivity index (χ2v) is 4.80. The van der Waals surface area contributed by atoms with Crippen LogP contribution < -0.4 is 10.6 Å². The summed E-state index contributed by atoms with van der Waals surface area (Å²) >= 11 is 0. The summed E-state index contributed by atoms with van der Waals surface area (Å²) in [5.74, 6) is -0.861. The molecule has 0 rings (SSSR count). The van der Waals surface area contributed by atoms with Gasteiger partial charge in [-0.3, -0.25) is 4.79 Å². The van der Waals surface area contributed by atoms with E-state index in [9.17, 15) is 9.59 Å². The van der Waals surface area contributed by atoms with E-state index in [0.717, 1.165) is 0 Å². The van der Waals surface area contributed by atoms with E-state index < -0.39 is 11.5 Å². The maximum absolute atomic E-state index is 11.6. The first-order valence-corrected chi connectivity index (χ1v) is 5.68. The standard InChI is InChI=1S/C12H22N2O3/c1-5-6-9(2)13-11(17)14-12(3,4)8-7-10(15)16/h5,9H,1,6-8H2,2-4H3,(H,15,16)(H2,13,14,17). The predicted molar refractivity (Wildman–Crippen MR) is 66.9 cm³/mol. The van der Waals surface area contributed by atoms with E-state index in [-0.39, 0.29) is 18.5 Å². The Kier molecular flexibility index (Phi) is 6.31. The van der Waals surface area contributed by atoms with E-state index in [1.165, 1.54) is 0 Å². The molecular formula is C12H22N2O3. The van der Waals surface area contributed by atoms with Crippen LogP contribution in [0.2, 0.25) is 0 Å². The zero-order valence-electron chi connectivity index (χ0n) is 10.7. The van der Waals surface area contributed by atoms with Crippen molar-refractivity contribution in [1.82, 2.24) is 10.6 Å². The molecule has 5 nitrogen and oxygen atoms in total. The first kappa shape index (κ1) is 15.5. The van der Waals surface area contributed by atoms with Crippen molar-refractivity contribution in [1.29, 1.82) is 0 Å². The van der Waals surface area contributed by atoms with Gasteiger partial charge in [0.15, 0.2) is 0 Å². The van der Waals surface area contributed by atoms with Gasteiger partial charge in [-0.05, 0) is 33.6 Å². The number of carbonyl (C=O) groups is 2. The van der Waals surface area contributed by atoms with E-state index >= 15 is 0 Å².